The molecule has 0 aliphatic carbocycles. The first-order chi connectivity index (χ1) is 9.70. The summed E-state index contributed by atoms with van der Waals surface area (Å²) in [5, 5.41) is 7.47. The quantitative estimate of drug-likeness (QED) is 0.626. The summed E-state index contributed by atoms with van der Waals surface area (Å²) in [6.07, 6.45) is 0. The van der Waals surface area contributed by atoms with Crippen LogP contribution in [-0.4, -0.2) is 12.9 Å². The molecule has 0 heterocycles. The van der Waals surface area contributed by atoms with Crippen molar-refractivity contribution in [3.05, 3.63) is 65.2 Å². The van der Waals surface area contributed by atoms with Crippen molar-refractivity contribution in [2.45, 2.75) is 13.2 Å². The lowest BCUT2D eigenvalue weighted by molar-refractivity contribution is 0.105. The number of ether oxygens (including phenoxy) is 2. The number of nitrogen functional groups attached to an aromatic ring is 1. The molecule has 0 aromatic heterocycles. The van der Waals surface area contributed by atoms with Crippen LogP contribution in [0.1, 0.15) is 16.7 Å². The Labute approximate surface area is 118 Å². The van der Waals surface area contributed by atoms with Crippen molar-refractivity contribution in [1.82, 2.24) is 0 Å². The molecule has 0 saturated carbocycles. The molecule has 0 fully saturated rings. The minimum Gasteiger partial charge on any atom is -0.496 e. The van der Waals surface area contributed by atoms with Crippen LogP contribution in [0.25, 0.3) is 0 Å². The average molecular weight is 270 g/mol. The van der Waals surface area contributed by atoms with E-state index < -0.39 is 0 Å². The summed E-state index contributed by atoms with van der Waals surface area (Å²) in [6, 6.07) is 15.4. The predicted molar refractivity (Wildman–Crippen MR) is 78.9 cm³/mol. The van der Waals surface area contributed by atoms with Gasteiger partial charge in [-0.1, -0.05) is 30.3 Å². The maximum Gasteiger partial charge on any atom is 0.124 e. The molecule has 104 valence electrons. The molecule has 0 unspecified atom stereocenters. The molecule has 0 radical (unpaired) electrons. The second kappa shape index (κ2) is 6.73. The molecule has 2 rings (SSSR count). The van der Waals surface area contributed by atoms with Crippen molar-refractivity contribution < 1.29 is 9.47 Å². The third kappa shape index (κ3) is 3.59. The van der Waals surface area contributed by atoms with Gasteiger partial charge in [0.1, 0.15) is 11.6 Å². The molecule has 0 atom stereocenters. The summed E-state index contributed by atoms with van der Waals surface area (Å²) >= 11 is 0. The highest BCUT2D eigenvalue weighted by Crippen LogP contribution is 2.21. The lowest BCUT2D eigenvalue weighted by atomic mass is 10.1. The maximum atomic E-state index is 7.47. The van der Waals surface area contributed by atoms with E-state index in [9.17, 15) is 0 Å². The van der Waals surface area contributed by atoms with Crippen molar-refractivity contribution in [2.24, 2.45) is 5.73 Å². The van der Waals surface area contributed by atoms with Gasteiger partial charge in [-0.05, 0) is 23.8 Å². The second-order valence-electron chi connectivity index (χ2n) is 4.42. The smallest absolute Gasteiger partial charge is 0.124 e. The van der Waals surface area contributed by atoms with Crippen molar-refractivity contribution in [3.63, 3.8) is 0 Å². The summed E-state index contributed by atoms with van der Waals surface area (Å²) in [5.41, 5.74) is 8.17. The molecule has 2 aromatic carbocycles. The van der Waals surface area contributed by atoms with Crippen LogP contribution in [0, 0.1) is 5.41 Å². The van der Waals surface area contributed by atoms with Crippen LogP contribution < -0.4 is 10.5 Å². The van der Waals surface area contributed by atoms with Gasteiger partial charge in [-0.2, -0.15) is 0 Å². The average Bonchev–Trinajstić information content (AvgIpc) is 2.48. The van der Waals surface area contributed by atoms with Gasteiger partial charge >= 0.3 is 0 Å². The van der Waals surface area contributed by atoms with E-state index in [4.69, 9.17) is 20.6 Å². The summed E-state index contributed by atoms with van der Waals surface area (Å²) in [5.74, 6) is 0.778. The Morgan fingerprint density at radius 1 is 1.10 bits per heavy atom. The molecule has 20 heavy (non-hydrogen) atoms. The van der Waals surface area contributed by atoms with Gasteiger partial charge in [0.25, 0.3) is 0 Å². The van der Waals surface area contributed by atoms with Crippen LogP contribution in [-0.2, 0) is 18.0 Å². The van der Waals surface area contributed by atoms with Crippen LogP contribution in [0.4, 0.5) is 0 Å². The van der Waals surface area contributed by atoms with E-state index in [0.717, 1.165) is 16.9 Å². The Kier molecular flexibility index (Phi) is 4.74. The lowest BCUT2D eigenvalue weighted by Crippen LogP contribution is -2.11. The number of methoxy groups -OCH3 is 1. The highest BCUT2D eigenvalue weighted by atomic mass is 16.5. The number of hydrogen-bond donors (Lipinski definition) is 2. The Hall–Kier alpha value is -2.33. The highest BCUT2D eigenvalue weighted by molar-refractivity contribution is 5.95. The molecular formula is C16H18N2O2. The van der Waals surface area contributed by atoms with E-state index in [1.54, 1.807) is 19.2 Å². The fourth-order valence-corrected chi connectivity index (χ4v) is 1.91. The molecule has 4 nitrogen and oxygen atoms in total. The molecule has 0 saturated heterocycles. The van der Waals surface area contributed by atoms with Gasteiger partial charge in [-0.15, -0.1) is 0 Å². The number of amidine groups is 1. The predicted octanol–water partition coefficient (Wildman–Crippen LogP) is 2.70. The zero-order chi connectivity index (χ0) is 14.4. The Balaban J connectivity index is 2.04. The zero-order valence-electron chi connectivity index (χ0n) is 11.4. The lowest BCUT2D eigenvalue weighted by Gasteiger charge is -2.11. The fourth-order valence-electron chi connectivity index (χ4n) is 1.91. The zero-order valence-corrected chi connectivity index (χ0v) is 11.4. The molecule has 3 N–H and O–H groups in total. The van der Waals surface area contributed by atoms with Crippen LogP contribution in [0.5, 0.6) is 5.75 Å². The van der Waals surface area contributed by atoms with E-state index in [1.165, 1.54) is 0 Å². The first-order valence-corrected chi connectivity index (χ1v) is 6.33. The van der Waals surface area contributed by atoms with E-state index >= 15 is 0 Å². The van der Waals surface area contributed by atoms with E-state index in [2.05, 4.69) is 0 Å². The van der Waals surface area contributed by atoms with Crippen molar-refractivity contribution in [2.75, 3.05) is 7.11 Å². The van der Waals surface area contributed by atoms with Gasteiger partial charge in [0.2, 0.25) is 0 Å². The topological polar surface area (TPSA) is 68.3 Å². The largest absolute Gasteiger partial charge is 0.496 e. The SMILES string of the molecule is COc1ccc(C(=N)N)cc1COCc1ccccc1. The van der Waals surface area contributed by atoms with Gasteiger partial charge in [-0.25, -0.2) is 0 Å². The van der Waals surface area contributed by atoms with Crippen molar-refractivity contribution >= 4 is 5.84 Å². The Morgan fingerprint density at radius 2 is 1.85 bits per heavy atom. The molecule has 4 heteroatoms. The minimum absolute atomic E-state index is 0.0389. The summed E-state index contributed by atoms with van der Waals surface area (Å²) < 4.78 is 11.0. The van der Waals surface area contributed by atoms with Crippen molar-refractivity contribution in [3.8, 4) is 5.75 Å². The Bertz CT molecular complexity index is 582. The summed E-state index contributed by atoms with van der Waals surface area (Å²) in [7, 11) is 1.61. The molecule has 0 spiro atoms. The molecule has 0 aliphatic heterocycles. The normalized spacial score (nSPS) is 10.2. The van der Waals surface area contributed by atoms with E-state index in [-0.39, 0.29) is 5.84 Å². The van der Waals surface area contributed by atoms with Gasteiger partial charge in [0.05, 0.1) is 20.3 Å². The van der Waals surface area contributed by atoms with Gasteiger partial charge in [0, 0.05) is 11.1 Å². The van der Waals surface area contributed by atoms with E-state index in [0.29, 0.717) is 18.8 Å². The monoisotopic (exact) mass is 270 g/mol. The van der Waals surface area contributed by atoms with Crippen LogP contribution >= 0.6 is 0 Å². The molecule has 2 aromatic rings. The van der Waals surface area contributed by atoms with Crippen molar-refractivity contribution in [1.29, 1.82) is 5.41 Å². The molecule has 0 bridgehead atoms. The Morgan fingerprint density at radius 3 is 2.50 bits per heavy atom. The maximum absolute atomic E-state index is 7.47. The number of rotatable bonds is 6. The number of hydrogen-bond acceptors (Lipinski definition) is 3. The van der Waals surface area contributed by atoms with Crippen LogP contribution in [0.15, 0.2) is 48.5 Å². The van der Waals surface area contributed by atoms with E-state index in [1.807, 2.05) is 36.4 Å². The summed E-state index contributed by atoms with van der Waals surface area (Å²) in [6.45, 7) is 0.952. The van der Waals surface area contributed by atoms with Crippen LogP contribution in [0.2, 0.25) is 0 Å². The molecule has 0 aliphatic rings. The second-order valence-corrected chi connectivity index (χ2v) is 4.42. The van der Waals surface area contributed by atoms with Gasteiger partial charge in [-0.3, -0.25) is 5.41 Å². The number of nitrogens with two attached hydrogens (primary N) is 1. The molecule has 0 amide bonds. The summed E-state index contributed by atoms with van der Waals surface area (Å²) in [4.78, 5) is 0. The first kappa shape index (κ1) is 14.1. The van der Waals surface area contributed by atoms with Gasteiger partial charge < -0.3 is 15.2 Å². The van der Waals surface area contributed by atoms with Crippen LogP contribution in [0.3, 0.4) is 0 Å². The molecular weight excluding hydrogens is 252 g/mol. The minimum atomic E-state index is 0.0389. The highest BCUT2D eigenvalue weighted by Gasteiger charge is 2.06. The first-order valence-electron chi connectivity index (χ1n) is 6.33. The number of benzene rings is 2. The third-order valence-electron chi connectivity index (χ3n) is 2.96. The van der Waals surface area contributed by atoms with Gasteiger partial charge in [0.15, 0.2) is 0 Å². The third-order valence-corrected chi connectivity index (χ3v) is 2.96. The fraction of sp³-hybridized carbons (Fsp3) is 0.188. The standard InChI is InChI=1S/C16H18N2O2/c1-19-15-8-7-13(16(17)18)9-14(15)11-20-10-12-5-3-2-4-6-12/h2-9H,10-11H2,1H3,(H3,17,18). The number of nitrogens with one attached hydrogen (secondary N) is 1.